The third-order valence-electron chi connectivity index (χ3n) is 1.67. The lowest BCUT2D eigenvalue weighted by Gasteiger charge is -2.10. The van der Waals surface area contributed by atoms with Crippen LogP contribution in [0, 0.1) is 0 Å². The Balaban J connectivity index is 2.84. The van der Waals surface area contributed by atoms with Crippen molar-refractivity contribution in [2.24, 2.45) is 0 Å². The van der Waals surface area contributed by atoms with Crippen LogP contribution in [0.15, 0.2) is 24.3 Å². The maximum atomic E-state index is 11.4. The highest BCUT2D eigenvalue weighted by Crippen LogP contribution is 2.29. The van der Waals surface area contributed by atoms with Crippen LogP contribution < -0.4 is 0 Å². The van der Waals surface area contributed by atoms with Crippen molar-refractivity contribution in [2.45, 2.75) is 11.8 Å². The number of carbonyl (C=O) groups is 1. The highest BCUT2D eigenvalue weighted by Gasteiger charge is 2.20. The highest BCUT2D eigenvalue weighted by atomic mass is 79.9. The first kappa shape index (κ1) is 11.5. The average Bonchev–Trinajstić information content (AvgIpc) is 2.18. The molecule has 0 saturated heterocycles. The van der Waals surface area contributed by atoms with Crippen molar-refractivity contribution in [1.29, 1.82) is 0 Å². The minimum Gasteiger partial charge on any atom is -0.465 e. The summed E-state index contributed by atoms with van der Waals surface area (Å²) in [7, 11) is 0. The van der Waals surface area contributed by atoms with Gasteiger partial charge in [-0.25, -0.2) is 0 Å². The first-order valence-electron chi connectivity index (χ1n) is 4.22. The van der Waals surface area contributed by atoms with Crippen LogP contribution in [-0.2, 0) is 9.53 Å². The summed E-state index contributed by atoms with van der Waals surface area (Å²) in [5.41, 5.74) is 0.729. The number of ether oxygens (including phenoxy) is 1. The SMILES string of the molecule is CCOC(=O)C(Br)c1ccccc1Cl. The number of esters is 1. The summed E-state index contributed by atoms with van der Waals surface area (Å²) >= 11 is 9.17. The van der Waals surface area contributed by atoms with Crippen LogP contribution in [-0.4, -0.2) is 12.6 Å². The number of halogens is 2. The first-order chi connectivity index (χ1) is 6.66. The Bertz CT molecular complexity index is 328. The smallest absolute Gasteiger partial charge is 0.324 e. The lowest BCUT2D eigenvalue weighted by molar-refractivity contribution is -0.142. The normalized spacial score (nSPS) is 12.2. The van der Waals surface area contributed by atoms with E-state index in [1.165, 1.54) is 0 Å². The molecule has 76 valence electrons. The van der Waals surface area contributed by atoms with Crippen LogP contribution >= 0.6 is 27.5 Å². The molecule has 0 aliphatic heterocycles. The van der Waals surface area contributed by atoms with Crippen LogP contribution in [0.5, 0.6) is 0 Å². The monoisotopic (exact) mass is 276 g/mol. The molecule has 1 unspecified atom stereocenters. The van der Waals surface area contributed by atoms with Gasteiger partial charge in [-0.3, -0.25) is 4.79 Å². The zero-order valence-corrected chi connectivity index (χ0v) is 10.0. The summed E-state index contributed by atoms with van der Waals surface area (Å²) in [6, 6.07) is 7.18. The zero-order valence-electron chi connectivity index (χ0n) is 7.67. The maximum Gasteiger partial charge on any atom is 0.324 e. The topological polar surface area (TPSA) is 26.3 Å². The van der Waals surface area contributed by atoms with Crippen molar-refractivity contribution >= 4 is 33.5 Å². The van der Waals surface area contributed by atoms with Crippen molar-refractivity contribution in [3.63, 3.8) is 0 Å². The number of carbonyl (C=O) groups excluding carboxylic acids is 1. The Hall–Kier alpha value is -0.540. The van der Waals surface area contributed by atoms with E-state index >= 15 is 0 Å². The Morgan fingerprint density at radius 1 is 1.57 bits per heavy atom. The molecule has 1 rings (SSSR count). The Morgan fingerprint density at radius 2 is 2.21 bits per heavy atom. The molecule has 0 radical (unpaired) electrons. The fourth-order valence-corrected chi connectivity index (χ4v) is 1.93. The van der Waals surface area contributed by atoms with E-state index in [-0.39, 0.29) is 5.97 Å². The molecule has 1 aromatic carbocycles. The lowest BCUT2D eigenvalue weighted by Crippen LogP contribution is -2.10. The molecular formula is C10H10BrClO2. The average molecular weight is 278 g/mol. The van der Waals surface area contributed by atoms with Gasteiger partial charge in [-0.05, 0) is 18.6 Å². The van der Waals surface area contributed by atoms with Gasteiger partial charge in [-0.1, -0.05) is 45.7 Å². The van der Waals surface area contributed by atoms with Crippen molar-refractivity contribution in [3.8, 4) is 0 Å². The molecule has 1 atom stereocenters. The molecule has 0 saturated carbocycles. The fourth-order valence-electron chi connectivity index (χ4n) is 1.02. The van der Waals surface area contributed by atoms with Crippen LogP contribution in [0.1, 0.15) is 17.3 Å². The number of benzene rings is 1. The van der Waals surface area contributed by atoms with E-state index in [0.717, 1.165) is 5.56 Å². The molecule has 0 N–H and O–H groups in total. The predicted molar refractivity (Wildman–Crippen MR) is 59.8 cm³/mol. The molecule has 0 aliphatic carbocycles. The summed E-state index contributed by atoms with van der Waals surface area (Å²) in [4.78, 5) is 10.9. The van der Waals surface area contributed by atoms with E-state index in [4.69, 9.17) is 16.3 Å². The molecule has 0 bridgehead atoms. The first-order valence-corrected chi connectivity index (χ1v) is 5.51. The van der Waals surface area contributed by atoms with Crippen LogP contribution in [0.4, 0.5) is 0 Å². The molecule has 0 amide bonds. The minimum absolute atomic E-state index is 0.319. The molecule has 0 fully saturated rings. The second-order valence-corrected chi connectivity index (χ2v) is 3.96. The van der Waals surface area contributed by atoms with Gasteiger partial charge in [0.05, 0.1) is 6.61 Å². The standard InChI is InChI=1S/C10H10BrClO2/c1-2-14-10(13)9(11)7-5-3-4-6-8(7)12/h3-6,9H,2H2,1H3. The van der Waals surface area contributed by atoms with Gasteiger partial charge in [0.15, 0.2) is 0 Å². The van der Waals surface area contributed by atoms with Gasteiger partial charge in [0.1, 0.15) is 4.83 Å². The van der Waals surface area contributed by atoms with Crippen LogP contribution in [0.3, 0.4) is 0 Å². The molecule has 0 spiro atoms. The second kappa shape index (κ2) is 5.37. The van der Waals surface area contributed by atoms with Gasteiger partial charge < -0.3 is 4.74 Å². The number of rotatable bonds is 3. The summed E-state index contributed by atoms with van der Waals surface area (Å²) in [6.45, 7) is 2.13. The molecule has 2 nitrogen and oxygen atoms in total. The number of hydrogen-bond donors (Lipinski definition) is 0. The van der Waals surface area contributed by atoms with E-state index in [0.29, 0.717) is 11.6 Å². The number of hydrogen-bond acceptors (Lipinski definition) is 2. The maximum absolute atomic E-state index is 11.4. The zero-order chi connectivity index (χ0) is 10.6. The molecular weight excluding hydrogens is 267 g/mol. The van der Waals surface area contributed by atoms with E-state index < -0.39 is 4.83 Å². The largest absolute Gasteiger partial charge is 0.465 e. The van der Waals surface area contributed by atoms with E-state index in [1.807, 2.05) is 12.1 Å². The summed E-state index contributed by atoms with van der Waals surface area (Å²) in [5.74, 6) is -0.319. The van der Waals surface area contributed by atoms with Gasteiger partial charge in [-0.15, -0.1) is 0 Å². The summed E-state index contributed by atoms with van der Waals surface area (Å²) in [5, 5.41) is 0.558. The van der Waals surface area contributed by atoms with E-state index in [1.54, 1.807) is 19.1 Å². The highest BCUT2D eigenvalue weighted by molar-refractivity contribution is 9.09. The Kier molecular flexibility index (Phi) is 4.42. The van der Waals surface area contributed by atoms with Gasteiger partial charge in [-0.2, -0.15) is 0 Å². The molecule has 0 aromatic heterocycles. The van der Waals surface area contributed by atoms with Crippen LogP contribution in [0.2, 0.25) is 5.02 Å². The lowest BCUT2D eigenvalue weighted by atomic mass is 10.1. The second-order valence-electron chi connectivity index (χ2n) is 2.64. The van der Waals surface area contributed by atoms with Gasteiger partial charge in [0.25, 0.3) is 0 Å². The van der Waals surface area contributed by atoms with Gasteiger partial charge in [0.2, 0.25) is 0 Å². The number of alkyl halides is 1. The quantitative estimate of drug-likeness (QED) is 0.626. The van der Waals surface area contributed by atoms with Crippen molar-refractivity contribution in [1.82, 2.24) is 0 Å². The van der Waals surface area contributed by atoms with Crippen molar-refractivity contribution < 1.29 is 9.53 Å². The molecule has 4 heteroatoms. The predicted octanol–water partition coefficient (Wildman–Crippen LogP) is 3.34. The fraction of sp³-hybridized carbons (Fsp3) is 0.300. The third kappa shape index (κ3) is 2.72. The molecule has 14 heavy (non-hydrogen) atoms. The van der Waals surface area contributed by atoms with Gasteiger partial charge in [0, 0.05) is 5.02 Å². The Morgan fingerprint density at radius 3 is 2.79 bits per heavy atom. The molecule has 1 aromatic rings. The van der Waals surface area contributed by atoms with E-state index in [2.05, 4.69) is 15.9 Å². The van der Waals surface area contributed by atoms with E-state index in [9.17, 15) is 4.79 Å². The van der Waals surface area contributed by atoms with Crippen molar-refractivity contribution in [2.75, 3.05) is 6.61 Å². The van der Waals surface area contributed by atoms with Crippen molar-refractivity contribution in [3.05, 3.63) is 34.9 Å². The summed E-state index contributed by atoms with van der Waals surface area (Å²) < 4.78 is 4.87. The van der Waals surface area contributed by atoms with Crippen LogP contribution in [0.25, 0.3) is 0 Å². The minimum atomic E-state index is -0.490. The molecule has 0 heterocycles. The Labute approximate surface area is 96.3 Å². The van der Waals surface area contributed by atoms with Gasteiger partial charge >= 0.3 is 5.97 Å². The molecule has 0 aliphatic rings. The third-order valence-corrected chi connectivity index (χ3v) is 2.88. The summed E-state index contributed by atoms with van der Waals surface area (Å²) in [6.07, 6.45) is 0.